The first-order valence-electron chi connectivity index (χ1n) is 9.31. The number of aromatic amines is 1. The predicted octanol–water partition coefficient (Wildman–Crippen LogP) is 2.75. The molecule has 0 unspecified atom stereocenters. The van der Waals surface area contributed by atoms with E-state index in [1.54, 1.807) is 13.2 Å². The maximum absolute atomic E-state index is 12.3. The summed E-state index contributed by atoms with van der Waals surface area (Å²) in [5.41, 5.74) is 3.09. The first-order valence-corrected chi connectivity index (χ1v) is 9.31. The van der Waals surface area contributed by atoms with Gasteiger partial charge in [0.25, 0.3) is 0 Å². The Bertz CT molecular complexity index is 999. The lowest BCUT2D eigenvalue weighted by Crippen LogP contribution is -2.12. The number of pyridine rings is 2. The normalized spacial score (nSPS) is 11.4. The van der Waals surface area contributed by atoms with Crippen LogP contribution in [0.4, 0.5) is 0 Å². The standard InChI is InChI=1S/C21H26N2O5/c1-14-12-18(24)16-4-5-17-19(13-15(2)23-21(17)20(16)22-14)28-11-10-27-9-8-26-7-6-25-3/h4-5,12-13H,6-11H2,1-3H3,(H,22,24). The number of benzene rings is 1. The lowest BCUT2D eigenvalue weighted by molar-refractivity contribution is 0.0180. The second kappa shape index (κ2) is 9.64. The Morgan fingerprint density at radius 1 is 0.929 bits per heavy atom. The molecule has 0 saturated carbocycles. The molecule has 7 nitrogen and oxygen atoms in total. The van der Waals surface area contributed by atoms with E-state index in [1.165, 1.54) is 0 Å². The van der Waals surface area contributed by atoms with E-state index in [-0.39, 0.29) is 5.43 Å². The topological polar surface area (TPSA) is 82.7 Å². The van der Waals surface area contributed by atoms with E-state index in [0.29, 0.717) is 45.0 Å². The van der Waals surface area contributed by atoms with Gasteiger partial charge in [-0.05, 0) is 26.0 Å². The monoisotopic (exact) mass is 386 g/mol. The maximum Gasteiger partial charge on any atom is 0.189 e. The summed E-state index contributed by atoms with van der Waals surface area (Å²) in [5, 5.41) is 1.49. The number of rotatable bonds is 10. The van der Waals surface area contributed by atoms with E-state index in [2.05, 4.69) is 9.97 Å². The average molecular weight is 386 g/mol. The molecule has 1 N–H and O–H groups in total. The number of fused-ring (bicyclic) bond motifs is 3. The fourth-order valence-electron chi connectivity index (χ4n) is 3.02. The molecule has 150 valence electrons. The Labute approximate surface area is 163 Å². The summed E-state index contributed by atoms with van der Waals surface area (Å²) in [6.07, 6.45) is 0. The van der Waals surface area contributed by atoms with Crippen molar-refractivity contribution in [1.82, 2.24) is 9.97 Å². The molecule has 7 heteroatoms. The van der Waals surface area contributed by atoms with Crippen LogP contribution in [0.3, 0.4) is 0 Å². The van der Waals surface area contributed by atoms with Gasteiger partial charge in [-0.3, -0.25) is 9.78 Å². The Balaban J connectivity index is 1.68. The van der Waals surface area contributed by atoms with E-state index < -0.39 is 0 Å². The summed E-state index contributed by atoms with van der Waals surface area (Å²) in [6, 6.07) is 7.19. The molecule has 0 aliphatic carbocycles. The molecule has 0 bridgehead atoms. The highest BCUT2D eigenvalue weighted by atomic mass is 16.6. The number of methoxy groups -OCH3 is 1. The molecular formula is C21H26N2O5. The highest BCUT2D eigenvalue weighted by Crippen LogP contribution is 2.29. The van der Waals surface area contributed by atoms with Gasteiger partial charge in [-0.1, -0.05) is 0 Å². The highest BCUT2D eigenvalue weighted by molar-refractivity contribution is 6.04. The van der Waals surface area contributed by atoms with Gasteiger partial charge in [-0.2, -0.15) is 0 Å². The number of nitrogens with one attached hydrogen (secondary N) is 1. The zero-order valence-electron chi connectivity index (χ0n) is 16.5. The van der Waals surface area contributed by atoms with E-state index in [1.807, 2.05) is 32.0 Å². The van der Waals surface area contributed by atoms with Crippen LogP contribution in [0.25, 0.3) is 21.8 Å². The van der Waals surface area contributed by atoms with Crippen molar-refractivity contribution < 1.29 is 18.9 Å². The second-order valence-corrected chi connectivity index (χ2v) is 6.53. The molecule has 2 heterocycles. The molecule has 0 amide bonds. The number of ether oxygens (including phenoxy) is 4. The minimum absolute atomic E-state index is 0.0138. The molecule has 0 radical (unpaired) electrons. The molecule has 0 aliphatic heterocycles. The van der Waals surface area contributed by atoms with E-state index in [9.17, 15) is 4.79 Å². The van der Waals surface area contributed by atoms with Gasteiger partial charge < -0.3 is 23.9 Å². The van der Waals surface area contributed by atoms with Crippen LogP contribution in [0.5, 0.6) is 5.75 Å². The Hall–Kier alpha value is -2.48. The zero-order valence-corrected chi connectivity index (χ0v) is 16.5. The summed E-state index contributed by atoms with van der Waals surface area (Å²) >= 11 is 0. The van der Waals surface area contributed by atoms with Crippen molar-refractivity contribution in [2.75, 3.05) is 46.8 Å². The van der Waals surface area contributed by atoms with Crippen molar-refractivity contribution in [2.45, 2.75) is 13.8 Å². The van der Waals surface area contributed by atoms with Crippen LogP contribution in [0.1, 0.15) is 11.4 Å². The molecule has 0 atom stereocenters. The van der Waals surface area contributed by atoms with Crippen molar-refractivity contribution in [3.63, 3.8) is 0 Å². The molecular weight excluding hydrogens is 360 g/mol. The van der Waals surface area contributed by atoms with Gasteiger partial charge in [-0.25, -0.2) is 0 Å². The Morgan fingerprint density at radius 2 is 1.61 bits per heavy atom. The van der Waals surface area contributed by atoms with Crippen molar-refractivity contribution in [1.29, 1.82) is 0 Å². The van der Waals surface area contributed by atoms with Gasteiger partial charge >= 0.3 is 0 Å². The largest absolute Gasteiger partial charge is 0.490 e. The Kier molecular flexibility index (Phi) is 6.97. The molecule has 0 fully saturated rings. The molecule has 0 saturated heterocycles. The van der Waals surface area contributed by atoms with Crippen molar-refractivity contribution in [2.24, 2.45) is 0 Å². The Morgan fingerprint density at radius 3 is 2.36 bits per heavy atom. The summed E-state index contributed by atoms with van der Waals surface area (Å²) in [5.74, 6) is 0.728. The van der Waals surface area contributed by atoms with Crippen LogP contribution in [-0.4, -0.2) is 56.7 Å². The molecule has 0 spiro atoms. The molecule has 28 heavy (non-hydrogen) atoms. The van der Waals surface area contributed by atoms with Gasteiger partial charge in [-0.15, -0.1) is 0 Å². The predicted molar refractivity (Wildman–Crippen MR) is 108 cm³/mol. The van der Waals surface area contributed by atoms with Crippen LogP contribution < -0.4 is 10.2 Å². The summed E-state index contributed by atoms with van der Waals surface area (Å²) in [7, 11) is 1.64. The van der Waals surface area contributed by atoms with Crippen LogP contribution in [-0.2, 0) is 14.2 Å². The van der Waals surface area contributed by atoms with E-state index in [4.69, 9.17) is 18.9 Å². The van der Waals surface area contributed by atoms with Crippen molar-refractivity contribution in [3.05, 3.63) is 45.9 Å². The molecule has 1 aromatic carbocycles. The summed E-state index contributed by atoms with van der Waals surface area (Å²) in [6.45, 7) is 6.83. The lowest BCUT2D eigenvalue weighted by atomic mass is 10.1. The zero-order chi connectivity index (χ0) is 19.9. The molecule has 2 aromatic heterocycles. The van der Waals surface area contributed by atoms with Gasteiger partial charge in [0.1, 0.15) is 12.4 Å². The third-order valence-corrected chi connectivity index (χ3v) is 4.30. The molecule has 0 aliphatic rings. The number of nitrogens with zero attached hydrogens (tertiary/aromatic N) is 1. The second-order valence-electron chi connectivity index (χ2n) is 6.53. The minimum Gasteiger partial charge on any atom is -0.490 e. The van der Waals surface area contributed by atoms with Crippen molar-refractivity contribution in [3.8, 4) is 5.75 Å². The van der Waals surface area contributed by atoms with Gasteiger partial charge in [0.2, 0.25) is 0 Å². The average Bonchev–Trinajstić information content (AvgIpc) is 2.66. The first-order chi connectivity index (χ1) is 13.6. The maximum atomic E-state index is 12.3. The van der Waals surface area contributed by atoms with Crippen LogP contribution in [0, 0.1) is 13.8 Å². The highest BCUT2D eigenvalue weighted by Gasteiger charge is 2.11. The van der Waals surface area contributed by atoms with E-state index in [0.717, 1.165) is 33.6 Å². The SMILES string of the molecule is COCCOCCOCCOc1cc(C)nc2c1ccc1c(=O)cc(C)[nH]c12. The number of aryl methyl sites for hydroxylation is 2. The third-order valence-electron chi connectivity index (χ3n) is 4.30. The third kappa shape index (κ3) is 4.86. The number of hydrogen-bond donors (Lipinski definition) is 1. The fraction of sp³-hybridized carbons (Fsp3) is 0.429. The van der Waals surface area contributed by atoms with Crippen LogP contribution >= 0.6 is 0 Å². The van der Waals surface area contributed by atoms with Crippen LogP contribution in [0.15, 0.2) is 29.1 Å². The van der Waals surface area contributed by atoms with Crippen LogP contribution in [0.2, 0.25) is 0 Å². The first kappa shape index (κ1) is 20.3. The molecule has 3 rings (SSSR count). The number of aromatic nitrogens is 2. The summed E-state index contributed by atoms with van der Waals surface area (Å²) < 4.78 is 21.7. The van der Waals surface area contributed by atoms with Crippen molar-refractivity contribution >= 4 is 21.8 Å². The number of hydrogen-bond acceptors (Lipinski definition) is 6. The summed E-state index contributed by atoms with van der Waals surface area (Å²) in [4.78, 5) is 20.2. The fourth-order valence-corrected chi connectivity index (χ4v) is 3.02. The minimum atomic E-state index is -0.0138. The molecule has 3 aromatic rings. The number of H-pyrrole nitrogens is 1. The van der Waals surface area contributed by atoms with Gasteiger partial charge in [0.15, 0.2) is 5.43 Å². The quantitative estimate of drug-likeness (QED) is 0.426. The van der Waals surface area contributed by atoms with E-state index >= 15 is 0 Å². The van der Waals surface area contributed by atoms with Gasteiger partial charge in [0, 0.05) is 41.4 Å². The smallest absolute Gasteiger partial charge is 0.189 e. The van der Waals surface area contributed by atoms with Gasteiger partial charge in [0.05, 0.1) is 44.1 Å². The lowest BCUT2D eigenvalue weighted by Gasteiger charge is -2.12.